The minimum atomic E-state index is -0.0712. The maximum Gasteiger partial charge on any atom is 0.275 e. The van der Waals surface area contributed by atoms with Crippen LogP contribution in [0.15, 0.2) is 11.0 Å². The smallest absolute Gasteiger partial charge is 0.275 e. The maximum absolute atomic E-state index is 11.5. The molecule has 2 rings (SSSR count). The molecule has 0 fully saturated rings. The van der Waals surface area contributed by atoms with E-state index in [1.807, 2.05) is 20.2 Å². The highest BCUT2D eigenvalue weighted by Gasteiger charge is 2.08. The number of fused-ring (bicyclic) bond motifs is 1. The summed E-state index contributed by atoms with van der Waals surface area (Å²) in [6.07, 6.45) is 1.91. The lowest BCUT2D eigenvalue weighted by molar-refractivity contribution is 0.943. The molecule has 0 spiro atoms. The normalized spacial score (nSPS) is 11.0. The average molecular weight is 177 g/mol. The molecule has 13 heavy (non-hydrogen) atoms. The van der Waals surface area contributed by atoms with Crippen molar-refractivity contribution < 1.29 is 0 Å². The molecule has 2 heterocycles. The van der Waals surface area contributed by atoms with E-state index in [1.165, 1.54) is 0 Å². The zero-order valence-electron chi connectivity index (χ0n) is 7.88. The maximum atomic E-state index is 11.5. The molecule has 0 aliphatic carbocycles. The Morgan fingerprint density at radius 2 is 2.15 bits per heavy atom. The molecule has 0 unspecified atom stereocenters. The molecule has 4 heteroatoms. The lowest BCUT2D eigenvalue weighted by Crippen LogP contribution is -2.11. The molecule has 0 atom stereocenters. The van der Waals surface area contributed by atoms with Crippen molar-refractivity contribution in [3.8, 4) is 0 Å². The summed E-state index contributed by atoms with van der Waals surface area (Å²) in [5.74, 6) is 0.659. The van der Waals surface area contributed by atoms with Gasteiger partial charge in [0.1, 0.15) is 11.3 Å². The Morgan fingerprint density at radius 1 is 1.46 bits per heavy atom. The highest BCUT2D eigenvalue weighted by Crippen LogP contribution is 2.12. The van der Waals surface area contributed by atoms with Crippen LogP contribution in [0.1, 0.15) is 11.4 Å². The van der Waals surface area contributed by atoms with Gasteiger partial charge in [-0.2, -0.15) is 0 Å². The molecule has 0 radical (unpaired) electrons. The number of hydrogen-bond donors (Lipinski definition) is 1. The van der Waals surface area contributed by atoms with E-state index in [4.69, 9.17) is 0 Å². The zero-order chi connectivity index (χ0) is 9.59. The number of aromatic amines is 1. The van der Waals surface area contributed by atoms with Gasteiger partial charge >= 0.3 is 0 Å². The van der Waals surface area contributed by atoms with E-state index >= 15 is 0 Å². The molecule has 0 bridgehead atoms. The number of aromatic nitrogens is 3. The molecule has 0 aromatic carbocycles. The summed E-state index contributed by atoms with van der Waals surface area (Å²) in [7, 11) is 1.85. The van der Waals surface area contributed by atoms with Crippen molar-refractivity contribution in [1.29, 1.82) is 0 Å². The highest BCUT2D eigenvalue weighted by molar-refractivity contribution is 5.78. The fourth-order valence-corrected chi connectivity index (χ4v) is 1.60. The second-order valence-corrected chi connectivity index (χ2v) is 3.27. The zero-order valence-corrected chi connectivity index (χ0v) is 7.88. The first-order valence-corrected chi connectivity index (χ1v) is 4.12. The molecule has 0 aliphatic heterocycles. The first-order valence-electron chi connectivity index (χ1n) is 4.12. The molecule has 1 N–H and O–H groups in total. The van der Waals surface area contributed by atoms with E-state index in [2.05, 4.69) is 9.97 Å². The van der Waals surface area contributed by atoms with Gasteiger partial charge in [0.25, 0.3) is 5.56 Å². The largest absolute Gasteiger partial charge is 0.344 e. The summed E-state index contributed by atoms with van der Waals surface area (Å²) in [6, 6.07) is 0. The number of nitrogens with zero attached hydrogens (tertiary/aromatic N) is 2. The molecular formula is C9H11N3O. The fourth-order valence-electron chi connectivity index (χ4n) is 1.60. The SMILES string of the molecule is Cc1nc2c(C)cn(C)c2c(=O)[nH]1. The Balaban J connectivity index is 3.06. The Hall–Kier alpha value is -1.58. The van der Waals surface area contributed by atoms with E-state index in [9.17, 15) is 4.79 Å². The van der Waals surface area contributed by atoms with Gasteiger partial charge in [-0.15, -0.1) is 0 Å². The van der Waals surface area contributed by atoms with Crippen molar-refractivity contribution in [2.24, 2.45) is 7.05 Å². The summed E-state index contributed by atoms with van der Waals surface area (Å²) in [5.41, 5.74) is 2.40. The Morgan fingerprint density at radius 3 is 2.85 bits per heavy atom. The van der Waals surface area contributed by atoms with Crippen molar-refractivity contribution in [3.63, 3.8) is 0 Å². The van der Waals surface area contributed by atoms with Gasteiger partial charge in [-0.3, -0.25) is 4.79 Å². The quantitative estimate of drug-likeness (QED) is 0.649. The van der Waals surface area contributed by atoms with E-state index in [0.29, 0.717) is 11.3 Å². The molecule has 4 nitrogen and oxygen atoms in total. The summed E-state index contributed by atoms with van der Waals surface area (Å²) >= 11 is 0. The second-order valence-electron chi connectivity index (χ2n) is 3.27. The Labute approximate surface area is 75.2 Å². The van der Waals surface area contributed by atoms with Gasteiger partial charge < -0.3 is 9.55 Å². The molecule has 2 aromatic heterocycles. The minimum absolute atomic E-state index is 0.0712. The molecule has 0 saturated carbocycles. The number of rotatable bonds is 0. The second kappa shape index (κ2) is 2.45. The molecular weight excluding hydrogens is 166 g/mol. The molecule has 68 valence electrons. The third-order valence-corrected chi connectivity index (χ3v) is 2.13. The van der Waals surface area contributed by atoms with Crippen LogP contribution in [-0.2, 0) is 7.05 Å². The number of aryl methyl sites for hydroxylation is 3. The summed E-state index contributed by atoms with van der Waals surface area (Å²) in [5, 5.41) is 0. The van der Waals surface area contributed by atoms with Crippen molar-refractivity contribution >= 4 is 11.0 Å². The van der Waals surface area contributed by atoms with Gasteiger partial charge in [0.2, 0.25) is 0 Å². The van der Waals surface area contributed by atoms with Crippen molar-refractivity contribution in [2.75, 3.05) is 0 Å². The summed E-state index contributed by atoms with van der Waals surface area (Å²) < 4.78 is 1.80. The molecule has 0 saturated heterocycles. The molecule has 0 aliphatic rings. The predicted octanol–water partition coefficient (Wildman–Crippen LogP) is 0.878. The van der Waals surface area contributed by atoms with Crippen LogP contribution in [0.3, 0.4) is 0 Å². The Bertz CT molecular complexity index is 521. The number of H-pyrrole nitrogens is 1. The molecule has 0 amide bonds. The van der Waals surface area contributed by atoms with Gasteiger partial charge in [0, 0.05) is 13.2 Å². The first-order chi connectivity index (χ1) is 6.09. The van der Waals surface area contributed by atoms with Gasteiger partial charge in [-0.25, -0.2) is 4.98 Å². The summed E-state index contributed by atoms with van der Waals surface area (Å²) in [6.45, 7) is 3.74. The van der Waals surface area contributed by atoms with E-state index in [1.54, 1.807) is 11.5 Å². The van der Waals surface area contributed by atoms with Gasteiger partial charge in [0.05, 0.1) is 5.52 Å². The fraction of sp³-hybridized carbons (Fsp3) is 0.333. The molecule has 2 aromatic rings. The van der Waals surface area contributed by atoms with E-state index in [0.717, 1.165) is 11.1 Å². The topological polar surface area (TPSA) is 50.7 Å². The van der Waals surface area contributed by atoms with Crippen LogP contribution in [0, 0.1) is 13.8 Å². The van der Waals surface area contributed by atoms with Crippen molar-refractivity contribution in [2.45, 2.75) is 13.8 Å². The monoisotopic (exact) mass is 177 g/mol. The lowest BCUT2D eigenvalue weighted by Gasteiger charge is -1.95. The van der Waals surface area contributed by atoms with E-state index < -0.39 is 0 Å². The van der Waals surface area contributed by atoms with Crippen LogP contribution in [0.5, 0.6) is 0 Å². The number of hydrogen-bond acceptors (Lipinski definition) is 2. The third kappa shape index (κ3) is 1.06. The van der Waals surface area contributed by atoms with E-state index in [-0.39, 0.29) is 5.56 Å². The summed E-state index contributed by atoms with van der Waals surface area (Å²) in [4.78, 5) is 18.5. The van der Waals surface area contributed by atoms with Crippen molar-refractivity contribution in [3.05, 3.63) is 27.9 Å². The van der Waals surface area contributed by atoms with Crippen LogP contribution in [-0.4, -0.2) is 14.5 Å². The van der Waals surface area contributed by atoms with Crippen LogP contribution in [0.25, 0.3) is 11.0 Å². The van der Waals surface area contributed by atoms with Gasteiger partial charge in [0.15, 0.2) is 0 Å². The standard InChI is InChI=1S/C9H11N3O/c1-5-4-12(3)8-7(5)10-6(2)11-9(8)13/h4H,1-3H3,(H,10,11,13). The lowest BCUT2D eigenvalue weighted by atomic mass is 10.3. The van der Waals surface area contributed by atoms with Crippen LogP contribution in [0.2, 0.25) is 0 Å². The minimum Gasteiger partial charge on any atom is -0.344 e. The van der Waals surface area contributed by atoms with Crippen molar-refractivity contribution in [1.82, 2.24) is 14.5 Å². The Kier molecular flexibility index (Phi) is 1.52. The average Bonchev–Trinajstić information content (AvgIpc) is 2.27. The first kappa shape index (κ1) is 8.04. The predicted molar refractivity (Wildman–Crippen MR) is 50.8 cm³/mol. The third-order valence-electron chi connectivity index (χ3n) is 2.13. The van der Waals surface area contributed by atoms with Crippen LogP contribution >= 0.6 is 0 Å². The van der Waals surface area contributed by atoms with Crippen LogP contribution in [0.4, 0.5) is 0 Å². The van der Waals surface area contributed by atoms with Crippen LogP contribution < -0.4 is 5.56 Å². The van der Waals surface area contributed by atoms with Gasteiger partial charge in [-0.05, 0) is 19.4 Å². The highest BCUT2D eigenvalue weighted by atomic mass is 16.1. The number of nitrogens with one attached hydrogen (secondary N) is 1. The van der Waals surface area contributed by atoms with Gasteiger partial charge in [-0.1, -0.05) is 0 Å².